The molecule has 1 aliphatic rings. The summed E-state index contributed by atoms with van der Waals surface area (Å²) in [6.45, 7) is 3.80. The molecule has 0 saturated carbocycles. The lowest BCUT2D eigenvalue weighted by Gasteiger charge is -2.28. The van der Waals surface area contributed by atoms with Gasteiger partial charge in [-0.15, -0.1) is 0 Å². The zero-order valence-electron chi connectivity index (χ0n) is 14.7. The number of amides is 2. The smallest absolute Gasteiger partial charge is 0.331 e. The number of nitrogens with one attached hydrogen (secondary N) is 1. The molecule has 0 aromatic heterocycles. The van der Waals surface area contributed by atoms with Crippen LogP contribution in [0.2, 0.25) is 5.02 Å². The van der Waals surface area contributed by atoms with Crippen LogP contribution in [0.25, 0.3) is 0 Å². The van der Waals surface area contributed by atoms with E-state index >= 15 is 0 Å². The van der Waals surface area contributed by atoms with Crippen LogP contribution in [-0.4, -0.2) is 37.0 Å². The minimum Gasteiger partial charge on any atom is -0.467 e. The Balaban J connectivity index is 2.12. The highest BCUT2D eigenvalue weighted by atomic mass is 35.5. The Morgan fingerprint density at radius 1 is 1.40 bits per heavy atom. The normalized spacial score (nSPS) is 19.4. The second-order valence-electron chi connectivity index (χ2n) is 6.42. The molecule has 1 heterocycles. The third-order valence-electron chi connectivity index (χ3n) is 4.42. The first-order valence-electron chi connectivity index (χ1n) is 8.27. The first-order valence-corrected chi connectivity index (χ1v) is 8.65. The summed E-state index contributed by atoms with van der Waals surface area (Å²) in [5.41, 5.74) is -0.504. The molecule has 7 heteroatoms. The maximum absolute atomic E-state index is 12.6. The third kappa shape index (κ3) is 4.12. The van der Waals surface area contributed by atoms with Crippen molar-refractivity contribution in [3.05, 3.63) is 29.3 Å². The number of hydrogen-bond donors (Lipinski definition) is 1. The van der Waals surface area contributed by atoms with Crippen molar-refractivity contribution in [1.82, 2.24) is 5.32 Å². The van der Waals surface area contributed by atoms with Crippen LogP contribution in [0.4, 0.5) is 5.69 Å². The van der Waals surface area contributed by atoms with Crippen LogP contribution in [0.15, 0.2) is 24.3 Å². The van der Waals surface area contributed by atoms with Crippen LogP contribution in [0.5, 0.6) is 0 Å². The van der Waals surface area contributed by atoms with E-state index in [1.165, 1.54) is 12.0 Å². The Kier molecular flexibility index (Phi) is 6.06. The molecule has 1 aliphatic heterocycles. The Labute approximate surface area is 152 Å². The fraction of sp³-hybridized carbons (Fsp3) is 0.500. The highest BCUT2D eigenvalue weighted by Crippen LogP contribution is 2.31. The van der Waals surface area contributed by atoms with Crippen molar-refractivity contribution in [2.75, 3.05) is 18.6 Å². The zero-order chi connectivity index (χ0) is 18.6. The van der Waals surface area contributed by atoms with Gasteiger partial charge in [-0.05, 0) is 25.5 Å². The summed E-state index contributed by atoms with van der Waals surface area (Å²) in [7, 11) is 1.29. The van der Waals surface area contributed by atoms with Crippen molar-refractivity contribution >= 4 is 35.1 Å². The van der Waals surface area contributed by atoms with E-state index in [0.717, 1.165) is 0 Å². The van der Waals surface area contributed by atoms with Gasteiger partial charge in [0.05, 0.1) is 23.7 Å². The number of nitrogens with zero attached hydrogens (tertiary/aromatic N) is 1. The van der Waals surface area contributed by atoms with Gasteiger partial charge in [0.25, 0.3) is 0 Å². The van der Waals surface area contributed by atoms with E-state index in [-0.39, 0.29) is 24.8 Å². The summed E-state index contributed by atoms with van der Waals surface area (Å²) in [5.74, 6) is -1.52. The Morgan fingerprint density at radius 2 is 2.08 bits per heavy atom. The Bertz CT molecular complexity index is 679. The van der Waals surface area contributed by atoms with Gasteiger partial charge in [-0.2, -0.15) is 0 Å². The average molecular weight is 367 g/mol. The van der Waals surface area contributed by atoms with Gasteiger partial charge in [0, 0.05) is 13.0 Å². The lowest BCUT2D eigenvalue weighted by molar-refractivity contribution is -0.151. The van der Waals surface area contributed by atoms with Gasteiger partial charge in [0.15, 0.2) is 0 Å². The molecule has 1 aromatic rings. The maximum Gasteiger partial charge on any atom is 0.331 e. The van der Waals surface area contributed by atoms with Crippen molar-refractivity contribution in [2.45, 2.75) is 38.6 Å². The molecule has 0 aliphatic carbocycles. The first-order chi connectivity index (χ1) is 11.8. The molecule has 1 fully saturated rings. The third-order valence-corrected chi connectivity index (χ3v) is 4.74. The quantitative estimate of drug-likeness (QED) is 0.785. The lowest BCUT2D eigenvalue weighted by Crippen LogP contribution is -2.54. The molecule has 0 spiro atoms. The van der Waals surface area contributed by atoms with Gasteiger partial charge in [0.1, 0.15) is 5.54 Å². The number of ether oxygens (including phenoxy) is 1. The van der Waals surface area contributed by atoms with Crippen molar-refractivity contribution < 1.29 is 19.1 Å². The number of anilines is 1. The second kappa shape index (κ2) is 7.87. The summed E-state index contributed by atoms with van der Waals surface area (Å²) in [6.07, 6.45) is 1.25. The molecule has 1 saturated heterocycles. The Hall–Kier alpha value is -2.08. The van der Waals surface area contributed by atoms with Gasteiger partial charge in [-0.25, -0.2) is 4.79 Å². The summed E-state index contributed by atoms with van der Waals surface area (Å²) in [5, 5.41) is 3.23. The first kappa shape index (κ1) is 19.2. The number of halogens is 1. The number of esters is 1. The van der Waals surface area contributed by atoms with Gasteiger partial charge < -0.3 is 15.0 Å². The predicted octanol–water partition coefficient (Wildman–Crippen LogP) is 2.54. The van der Waals surface area contributed by atoms with E-state index in [0.29, 0.717) is 23.6 Å². The fourth-order valence-corrected chi connectivity index (χ4v) is 3.34. The van der Waals surface area contributed by atoms with E-state index < -0.39 is 17.4 Å². The summed E-state index contributed by atoms with van der Waals surface area (Å²) in [4.78, 5) is 38.5. The van der Waals surface area contributed by atoms with Gasteiger partial charge in [0.2, 0.25) is 11.8 Å². The number of methoxy groups -OCH3 is 1. The molecule has 6 nitrogen and oxygen atoms in total. The number of carbonyl (C=O) groups excluding carboxylic acids is 3. The number of carbonyl (C=O) groups is 3. The number of benzene rings is 1. The van der Waals surface area contributed by atoms with E-state index in [9.17, 15) is 14.4 Å². The monoisotopic (exact) mass is 366 g/mol. The highest BCUT2D eigenvalue weighted by Gasteiger charge is 2.41. The van der Waals surface area contributed by atoms with Crippen molar-refractivity contribution in [2.24, 2.45) is 5.92 Å². The van der Waals surface area contributed by atoms with Crippen LogP contribution in [0.3, 0.4) is 0 Å². The van der Waals surface area contributed by atoms with Gasteiger partial charge >= 0.3 is 5.97 Å². The van der Waals surface area contributed by atoms with Crippen LogP contribution in [-0.2, 0) is 19.1 Å². The molecule has 1 aromatic carbocycles. The minimum absolute atomic E-state index is 0.0838. The number of rotatable bonds is 6. The second-order valence-corrected chi connectivity index (χ2v) is 6.83. The average Bonchev–Trinajstić information content (AvgIpc) is 2.96. The minimum atomic E-state index is -1.10. The fourth-order valence-electron chi connectivity index (χ4n) is 3.10. The number of hydrogen-bond acceptors (Lipinski definition) is 4. The molecular weight excluding hydrogens is 344 g/mol. The summed E-state index contributed by atoms with van der Waals surface area (Å²) in [6, 6.07) is 7.02. The molecule has 136 valence electrons. The van der Waals surface area contributed by atoms with E-state index in [2.05, 4.69) is 5.32 Å². The zero-order valence-corrected chi connectivity index (χ0v) is 15.4. The molecular formula is C18H23ClN2O4. The molecule has 0 radical (unpaired) electrons. The highest BCUT2D eigenvalue weighted by molar-refractivity contribution is 6.33. The standard InChI is InChI=1S/C18H23ClN2O4/c1-4-9-18(2,17(24)25-3)20-16(23)12-10-15(22)21(11-12)14-8-6-5-7-13(14)19/h5-8,12H,4,9-11H2,1-3H3,(H,20,23). The molecule has 1 N–H and O–H groups in total. The summed E-state index contributed by atoms with van der Waals surface area (Å²) >= 11 is 6.15. The van der Waals surface area contributed by atoms with Crippen molar-refractivity contribution in [1.29, 1.82) is 0 Å². The maximum atomic E-state index is 12.6. The molecule has 25 heavy (non-hydrogen) atoms. The molecule has 0 bridgehead atoms. The van der Waals surface area contributed by atoms with Crippen molar-refractivity contribution in [3.8, 4) is 0 Å². The Morgan fingerprint density at radius 3 is 2.68 bits per heavy atom. The van der Waals surface area contributed by atoms with Crippen LogP contribution in [0, 0.1) is 5.92 Å². The SMILES string of the molecule is CCCC(C)(NC(=O)C1CC(=O)N(c2ccccc2Cl)C1)C(=O)OC. The van der Waals surface area contributed by atoms with Gasteiger partial charge in [-0.3, -0.25) is 9.59 Å². The van der Waals surface area contributed by atoms with E-state index in [1.807, 2.05) is 6.92 Å². The molecule has 2 rings (SSSR count). The molecule has 2 atom stereocenters. The molecule has 2 amide bonds. The van der Waals surface area contributed by atoms with Crippen LogP contribution >= 0.6 is 11.6 Å². The summed E-state index contributed by atoms with van der Waals surface area (Å²) < 4.78 is 4.81. The topological polar surface area (TPSA) is 75.7 Å². The van der Waals surface area contributed by atoms with Gasteiger partial charge in [-0.1, -0.05) is 37.1 Å². The number of para-hydroxylation sites is 1. The van der Waals surface area contributed by atoms with Crippen molar-refractivity contribution in [3.63, 3.8) is 0 Å². The van der Waals surface area contributed by atoms with E-state index in [1.54, 1.807) is 31.2 Å². The van der Waals surface area contributed by atoms with Crippen LogP contribution < -0.4 is 10.2 Å². The van der Waals surface area contributed by atoms with E-state index in [4.69, 9.17) is 16.3 Å². The predicted molar refractivity (Wildman–Crippen MR) is 95.4 cm³/mol. The van der Waals surface area contributed by atoms with Crippen LogP contribution in [0.1, 0.15) is 33.1 Å². The molecule has 2 unspecified atom stereocenters. The lowest BCUT2D eigenvalue weighted by atomic mass is 9.94. The largest absolute Gasteiger partial charge is 0.467 e.